The molecule has 0 spiro atoms. The van der Waals surface area contributed by atoms with E-state index < -0.39 is 6.10 Å². The largest absolute Gasteiger partial charge is 0.388 e. The van der Waals surface area contributed by atoms with Crippen LogP contribution in [-0.4, -0.2) is 5.11 Å². The Kier molecular flexibility index (Phi) is 5.06. The molecule has 0 radical (unpaired) electrons. The molecule has 1 heterocycles. The van der Waals surface area contributed by atoms with Gasteiger partial charge in [0.15, 0.2) is 0 Å². The summed E-state index contributed by atoms with van der Waals surface area (Å²) in [4.78, 5) is 1.18. The van der Waals surface area contributed by atoms with Gasteiger partial charge in [0, 0.05) is 29.2 Å². The SMILES string of the molecule is OC(Cc1cc(Br)cs1)c1cc(Br)ccc1I. The molecule has 1 unspecified atom stereocenters. The van der Waals surface area contributed by atoms with Gasteiger partial charge in [-0.1, -0.05) is 15.9 Å². The lowest BCUT2D eigenvalue weighted by Gasteiger charge is -2.12. The van der Waals surface area contributed by atoms with Crippen molar-refractivity contribution < 1.29 is 5.11 Å². The Morgan fingerprint density at radius 1 is 1.24 bits per heavy atom. The van der Waals surface area contributed by atoms with Gasteiger partial charge < -0.3 is 5.11 Å². The van der Waals surface area contributed by atoms with Crippen LogP contribution in [0.15, 0.2) is 38.6 Å². The van der Waals surface area contributed by atoms with Gasteiger partial charge in [0.05, 0.1) is 6.10 Å². The van der Waals surface area contributed by atoms with E-state index in [-0.39, 0.29) is 0 Å². The van der Waals surface area contributed by atoms with Gasteiger partial charge in [-0.15, -0.1) is 11.3 Å². The Bertz CT molecular complexity index is 527. The van der Waals surface area contributed by atoms with Gasteiger partial charge >= 0.3 is 0 Å². The molecule has 1 aromatic carbocycles. The molecule has 1 atom stereocenters. The summed E-state index contributed by atoms with van der Waals surface area (Å²) in [5.74, 6) is 0. The minimum Gasteiger partial charge on any atom is -0.388 e. The van der Waals surface area contributed by atoms with Gasteiger partial charge in [-0.05, 0) is 68.3 Å². The zero-order chi connectivity index (χ0) is 12.4. The number of rotatable bonds is 3. The van der Waals surface area contributed by atoms with Gasteiger partial charge in [0.2, 0.25) is 0 Å². The molecule has 1 nitrogen and oxygen atoms in total. The molecular weight excluding hydrogens is 479 g/mol. The van der Waals surface area contributed by atoms with Gasteiger partial charge in [-0.2, -0.15) is 0 Å². The van der Waals surface area contributed by atoms with Crippen LogP contribution in [0.2, 0.25) is 0 Å². The van der Waals surface area contributed by atoms with E-state index >= 15 is 0 Å². The molecule has 2 aromatic rings. The summed E-state index contributed by atoms with van der Waals surface area (Å²) >= 11 is 10.8. The van der Waals surface area contributed by atoms with Crippen LogP contribution in [0.4, 0.5) is 0 Å². The minimum atomic E-state index is -0.454. The van der Waals surface area contributed by atoms with Crippen molar-refractivity contribution in [2.24, 2.45) is 0 Å². The van der Waals surface area contributed by atoms with E-state index in [1.807, 2.05) is 23.6 Å². The highest BCUT2D eigenvalue weighted by atomic mass is 127. The van der Waals surface area contributed by atoms with E-state index in [4.69, 9.17) is 0 Å². The molecule has 0 saturated carbocycles. The van der Waals surface area contributed by atoms with E-state index in [1.54, 1.807) is 11.3 Å². The molecular formula is C12H9Br2IOS. The van der Waals surface area contributed by atoms with Crippen LogP contribution in [0, 0.1) is 3.57 Å². The molecule has 5 heteroatoms. The molecule has 1 aromatic heterocycles. The quantitative estimate of drug-likeness (QED) is 0.593. The van der Waals surface area contributed by atoms with Crippen LogP contribution < -0.4 is 0 Å². The highest BCUT2D eigenvalue weighted by Crippen LogP contribution is 2.29. The van der Waals surface area contributed by atoms with Crippen LogP contribution in [0.25, 0.3) is 0 Å². The first-order chi connectivity index (χ1) is 8.06. The topological polar surface area (TPSA) is 20.2 Å². The van der Waals surface area contributed by atoms with E-state index in [0.29, 0.717) is 6.42 Å². The fraction of sp³-hybridized carbons (Fsp3) is 0.167. The second-order valence-corrected chi connectivity index (χ2v) is 7.61. The van der Waals surface area contributed by atoms with Gasteiger partial charge in [-0.25, -0.2) is 0 Å². The molecule has 90 valence electrons. The molecule has 0 fully saturated rings. The van der Waals surface area contributed by atoms with Crippen LogP contribution in [0.1, 0.15) is 16.5 Å². The fourth-order valence-corrected chi connectivity index (χ4v) is 4.09. The van der Waals surface area contributed by atoms with Crippen molar-refractivity contribution >= 4 is 65.8 Å². The summed E-state index contributed by atoms with van der Waals surface area (Å²) in [7, 11) is 0. The number of hydrogen-bond donors (Lipinski definition) is 1. The van der Waals surface area contributed by atoms with Crippen LogP contribution in [0.5, 0.6) is 0 Å². The lowest BCUT2D eigenvalue weighted by atomic mass is 10.1. The summed E-state index contributed by atoms with van der Waals surface area (Å²) in [6, 6.07) is 8.03. The molecule has 0 aliphatic heterocycles. The molecule has 0 saturated heterocycles. The molecule has 0 aliphatic rings. The second kappa shape index (κ2) is 6.14. The first-order valence-corrected chi connectivity index (χ1v) is 8.46. The lowest BCUT2D eigenvalue weighted by molar-refractivity contribution is 0.178. The molecule has 1 N–H and O–H groups in total. The van der Waals surface area contributed by atoms with Crippen molar-refractivity contribution in [1.29, 1.82) is 0 Å². The molecule has 17 heavy (non-hydrogen) atoms. The maximum absolute atomic E-state index is 10.3. The average Bonchev–Trinajstić information content (AvgIpc) is 2.67. The third-order valence-electron chi connectivity index (χ3n) is 2.33. The number of aliphatic hydroxyl groups is 1. The fourth-order valence-electron chi connectivity index (χ4n) is 1.53. The van der Waals surface area contributed by atoms with Gasteiger partial charge in [0.25, 0.3) is 0 Å². The molecule has 0 amide bonds. The van der Waals surface area contributed by atoms with Gasteiger partial charge in [0.1, 0.15) is 0 Å². The van der Waals surface area contributed by atoms with Crippen molar-refractivity contribution in [2.75, 3.05) is 0 Å². The first-order valence-electron chi connectivity index (χ1n) is 4.92. The predicted molar refractivity (Wildman–Crippen MR) is 87.5 cm³/mol. The van der Waals surface area contributed by atoms with E-state index in [9.17, 15) is 5.11 Å². The smallest absolute Gasteiger partial charge is 0.0848 e. The lowest BCUT2D eigenvalue weighted by Crippen LogP contribution is -2.02. The van der Waals surface area contributed by atoms with Crippen LogP contribution in [-0.2, 0) is 6.42 Å². The average molecular weight is 488 g/mol. The highest BCUT2D eigenvalue weighted by molar-refractivity contribution is 14.1. The third-order valence-corrected chi connectivity index (χ3v) is 5.53. The molecule has 0 bridgehead atoms. The Morgan fingerprint density at radius 2 is 2.00 bits per heavy atom. The number of aliphatic hydroxyl groups excluding tert-OH is 1. The summed E-state index contributed by atoms with van der Waals surface area (Å²) in [6.45, 7) is 0. The minimum absolute atomic E-state index is 0.454. The van der Waals surface area contributed by atoms with Crippen LogP contribution >= 0.6 is 65.8 Å². The van der Waals surface area contributed by atoms with Gasteiger partial charge in [-0.3, -0.25) is 0 Å². The standard InChI is InChI=1S/C12H9Br2IOS/c13-7-1-2-11(15)10(4-7)12(16)5-9-3-8(14)6-17-9/h1-4,6,12,16H,5H2. The first kappa shape index (κ1) is 14.0. The van der Waals surface area contributed by atoms with Crippen molar-refractivity contribution in [3.8, 4) is 0 Å². The zero-order valence-electron chi connectivity index (χ0n) is 8.66. The number of halogens is 3. The monoisotopic (exact) mass is 486 g/mol. The predicted octanol–water partition coefficient (Wildman–Crippen LogP) is 5.15. The molecule has 0 aliphatic carbocycles. The maximum Gasteiger partial charge on any atom is 0.0848 e. The van der Waals surface area contributed by atoms with Crippen molar-refractivity contribution in [3.63, 3.8) is 0 Å². The summed E-state index contributed by atoms with van der Waals surface area (Å²) in [5.41, 5.74) is 0.976. The Labute approximate surface area is 135 Å². The summed E-state index contributed by atoms with van der Waals surface area (Å²) < 4.78 is 3.17. The van der Waals surface area contributed by atoms with Crippen LogP contribution in [0.3, 0.4) is 0 Å². The van der Waals surface area contributed by atoms with Crippen molar-refractivity contribution in [2.45, 2.75) is 12.5 Å². The van der Waals surface area contributed by atoms with E-state index in [1.165, 1.54) is 4.88 Å². The van der Waals surface area contributed by atoms with E-state index in [0.717, 1.165) is 18.1 Å². The second-order valence-electron chi connectivity index (χ2n) is 3.62. The Hall–Kier alpha value is 0.570. The third kappa shape index (κ3) is 3.76. The number of thiophene rings is 1. The zero-order valence-corrected chi connectivity index (χ0v) is 14.8. The number of benzene rings is 1. The number of hydrogen-bond acceptors (Lipinski definition) is 2. The van der Waals surface area contributed by atoms with E-state index in [2.05, 4.69) is 60.5 Å². The normalized spacial score (nSPS) is 12.7. The summed E-state index contributed by atoms with van der Waals surface area (Å²) in [6.07, 6.45) is 0.202. The Balaban J connectivity index is 2.19. The Morgan fingerprint density at radius 3 is 2.65 bits per heavy atom. The maximum atomic E-state index is 10.3. The highest BCUT2D eigenvalue weighted by Gasteiger charge is 2.13. The summed E-state index contributed by atoms with van der Waals surface area (Å²) in [5, 5.41) is 12.3. The molecule has 2 rings (SSSR count). The van der Waals surface area contributed by atoms with Crippen molar-refractivity contribution in [1.82, 2.24) is 0 Å². The van der Waals surface area contributed by atoms with Crippen molar-refractivity contribution in [3.05, 3.63) is 52.6 Å².